The van der Waals surface area contributed by atoms with Crippen molar-refractivity contribution in [2.45, 2.75) is 25.9 Å². The van der Waals surface area contributed by atoms with Crippen molar-refractivity contribution in [3.05, 3.63) is 42.4 Å². The third-order valence-electron chi connectivity index (χ3n) is 5.30. The third-order valence-corrected chi connectivity index (χ3v) is 5.30. The first-order valence-electron chi connectivity index (χ1n) is 9.18. The van der Waals surface area contributed by atoms with E-state index < -0.39 is 0 Å². The molecule has 0 radical (unpaired) electrons. The van der Waals surface area contributed by atoms with Crippen LogP contribution in [0.15, 0.2) is 36.7 Å². The quantitative estimate of drug-likeness (QED) is 0.725. The third kappa shape index (κ3) is 2.64. The van der Waals surface area contributed by atoms with Crippen LogP contribution in [0.2, 0.25) is 0 Å². The smallest absolute Gasteiger partial charge is 0.274 e. The molecule has 4 heterocycles. The molecule has 0 spiro atoms. The van der Waals surface area contributed by atoms with Gasteiger partial charge in [-0.1, -0.05) is 12.1 Å². The molecule has 0 N–H and O–H groups in total. The maximum atomic E-state index is 12.8. The molecule has 1 atom stereocenters. The van der Waals surface area contributed by atoms with Gasteiger partial charge in [0.05, 0.1) is 23.9 Å². The average Bonchev–Trinajstić information content (AvgIpc) is 3.36. The van der Waals surface area contributed by atoms with Crippen LogP contribution in [-0.4, -0.2) is 49.8 Å². The van der Waals surface area contributed by atoms with E-state index in [0.29, 0.717) is 24.1 Å². The highest BCUT2D eigenvalue weighted by Gasteiger charge is 2.28. The minimum absolute atomic E-state index is 0.00990. The number of carbonyl (C=O) groups excluding carboxylic acids is 1. The fourth-order valence-electron chi connectivity index (χ4n) is 4.01. The van der Waals surface area contributed by atoms with Crippen molar-refractivity contribution in [3.63, 3.8) is 0 Å². The zero-order valence-electron chi connectivity index (χ0n) is 14.5. The summed E-state index contributed by atoms with van der Waals surface area (Å²) < 4.78 is 9.44. The van der Waals surface area contributed by atoms with Gasteiger partial charge in [0.1, 0.15) is 6.61 Å². The highest BCUT2D eigenvalue weighted by Crippen LogP contribution is 2.24. The van der Waals surface area contributed by atoms with Crippen LogP contribution < -0.4 is 4.74 Å². The van der Waals surface area contributed by atoms with Crippen molar-refractivity contribution in [1.29, 1.82) is 0 Å². The molecule has 26 heavy (non-hydrogen) atoms. The molecule has 1 aromatic carbocycles. The number of ether oxygens (including phenoxy) is 1. The number of rotatable bonds is 3. The Labute approximate surface area is 151 Å². The van der Waals surface area contributed by atoms with E-state index in [2.05, 4.69) is 20.7 Å². The van der Waals surface area contributed by atoms with Crippen molar-refractivity contribution in [2.75, 3.05) is 19.7 Å². The first-order valence-corrected chi connectivity index (χ1v) is 9.18. The Morgan fingerprint density at radius 2 is 2.19 bits per heavy atom. The Balaban J connectivity index is 1.30. The van der Waals surface area contributed by atoms with Gasteiger partial charge in [-0.25, -0.2) is 9.67 Å². The molecule has 5 rings (SSSR count). The summed E-state index contributed by atoms with van der Waals surface area (Å²) >= 11 is 0. The summed E-state index contributed by atoms with van der Waals surface area (Å²) in [4.78, 5) is 19.2. The Kier molecular flexibility index (Phi) is 3.65. The molecule has 0 aliphatic carbocycles. The molecular weight excluding hydrogens is 330 g/mol. The number of piperidine rings is 1. The Bertz CT molecular complexity index is 938. The topological polar surface area (TPSA) is 65.2 Å². The van der Waals surface area contributed by atoms with Gasteiger partial charge in [0.15, 0.2) is 5.69 Å². The van der Waals surface area contributed by atoms with E-state index in [1.807, 2.05) is 29.4 Å². The molecule has 2 aliphatic rings. The van der Waals surface area contributed by atoms with Gasteiger partial charge < -0.3 is 14.2 Å². The second-order valence-electron chi connectivity index (χ2n) is 7.08. The second kappa shape index (κ2) is 6.16. The lowest BCUT2D eigenvalue weighted by atomic mass is 9.97. The number of imidazole rings is 1. The van der Waals surface area contributed by atoms with E-state index in [1.165, 1.54) is 0 Å². The van der Waals surface area contributed by atoms with Crippen LogP contribution >= 0.6 is 0 Å². The maximum Gasteiger partial charge on any atom is 0.274 e. The standard InChI is InChI=1S/C19H21N5O2/c25-19(16-10-18-24(21-16)8-9-26-18)22-7-3-4-14(11-22)12-23-13-20-15-5-1-2-6-17(15)23/h1-2,5-6,10,13-14H,3-4,7-9,11-12H2. The van der Waals surface area contributed by atoms with Crippen LogP contribution in [0.3, 0.4) is 0 Å². The molecule has 2 aromatic heterocycles. The van der Waals surface area contributed by atoms with Gasteiger partial charge in [-0.05, 0) is 30.9 Å². The van der Waals surface area contributed by atoms with E-state index in [-0.39, 0.29) is 5.91 Å². The minimum atomic E-state index is 0.00990. The predicted molar refractivity (Wildman–Crippen MR) is 96.1 cm³/mol. The highest BCUT2D eigenvalue weighted by molar-refractivity contribution is 5.92. The first-order chi connectivity index (χ1) is 12.8. The molecule has 2 aliphatic heterocycles. The van der Waals surface area contributed by atoms with Gasteiger partial charge in [0.2, 0.25) is 5.88 Å². The zero-order chi connectivity index (χ0) is 17.5. The van der Waals surface area contributed by atoms with Crippen LogP contribution in [0, 0.1) is 5.92 Å². The SMILES string of the molecule is O=C(c1cc2n(n1)CCO2)N1CCCC(Cn2cnc3ccccc32)C1. The van der Waals surface area contributed by atoms with E-state index in [0.717, 1.165) is 50.1 Å². The van der Waals surface area contributed by atoms with E-state index in [4.69, 9.17) is 4.74 Å². The van der Waals surface area contributed by atoms with Gasteiger partial charge in [-0.2, -0.15) is 5.10 Å². The van der Waals surface area contributed by atoms with Gasteiger partial charge in [-0.15, -0.1) is 0 Å². The Morgan fingerprint density at radius 1 is 1.27 bits per heavy atom. The monoisotopic (exact) mass is 351 g/mol. The van der Waals surface area contributed by atoms with Gasteiger partial charge >= 0.3 is 0 Å². The molecule has 1 amide bonds. The summed E-state index contributed by atoms with van der Waals surface area (Å²) in [7, 11) is 0. The van der Waals surface area contributed by atoms with Crippen LogP contribution in [0.1, 0.15) is 23.3 Å². The van der Waals surface area contributed by atoms with E-state index in [9.17, 15) is 4.79 Å². The minimum Gasteiger partial charge on any atom is -0.476 e. The van der Waals surface area contributed by atoms with Gasteiger partial charge in [0, 0.05) is 25.7 Å². The van der Waals surface area contributed by atoms with Crippen molar-refractivity contribution in [1.82, 2.24) is 24.2 Å². The summed E-state index contributed by atoms with van der Waals surface area (Å²) in [6.45, 7) is 3.80. The average molecular weight is 351 g/mol. The van der Waals surface area contributed by atoms with Gasteiger partial charge in [0.25, 0.3) is 5.91 Å². The molecule has 0 saturated carbocycles. The maximum absolute atomic E-state index is 12.8. The lowest BCUT2D eigenvalue weighted by molar-refractivity contribution is 0.0656. The molecule has 1 unspecified atom stereocenters. The zero-order valence-corrected chi connectivity index (χ0v) is 14.5. The number of para-hydroxylation sites is 2. The summed E-state index contributed by atoms with van der Waals surface area (Å²) in [6.07, 6.45) is 4.05. The number of amides is 1. The van der Waals surface area contributed by atoms with Crippen molar-refractivity contribution < 1.29 is 9.53 Å². The molecule has 0 bridgehead atoms. The Morgan fingerprint density at radius 3 is 3.12 bits per heavy atom. The number of aromatic nitrogens is 4. The summed E-state index contributed by atoms with van der Waals surface area (Å²) in [5.74, 6) is 1.14. The lowest BCUT2D eigenvalue weighted by Gasteiger charge is -2.32. The lowest BCUT2D eigenvalue weighted by Crippen LogP contribution is -2.41. The van der Waals surface area contributed by atoms with Crippen LogP contribution in [0.25, 0.3) is 11.0 Å². The Hall–Kier alpha value is -2.83. The fourth-order valence-corrected chi connectivity index (χ4v) is 4.01. The van der Waals surface area contributed by atoms with Crippen LogP contribution in [-0.2, 0) is 13.1 Å². The largest absolute Gasteiger partial charge is 0.476 e. The molecule has 134 valence electrons. The van der Waals surface area contributed by atoms with Crippen molar-refractivity contribution in [3.8, 4) is 5.88 Å². The second-order valence-corrected chi connectivity index (χ2v) is 7.08. The molecule has 1 saturated heterocycles. The summed E-state index contributed by atoms with van der Waals surface area (Å²) in [6, 6.07) is 9.94. The number of benzene rings is 1. The normalized spacial score (nSPS) is 19.5. The molecule has 1 fully saturated rings. The number of nitrogens with zero attached hydrogens (tertiary/aromatic N) is 5. The fraction of sp³-hybridized carbons (Fsp3) is 0.421. The number of likely N-dealkylation sites (tertiary alicyclic amines) is 1. The van der Waals surface area contributed by atoms with Crippen LogP contribution in [0.4, 0.5) is 0 Å². The molecule has 3 aromatic rings. The van der Waals surface area contributed by atoms with Crippen molar-refractivity contribution in [2.24, 2.45) is 5.92 Å². The number of hydrogen-bond acceptors (Lipinski definition) is 4. The first kappa shape index (κ1) is 15.4. The summed E-state index contributed by atoms with van der Waals surface area (Å²) in [5.41, 5.74) is 2.66. The highest BCUT2D eigenvalue weighted by atomic mass is 16.5. The van der Waals surface area contributed by atoms with Crippen molar-refractivity contribution >= 4 is 16.9 Å². The molecule has 7 nitrogen and oxygen atoms in total. The van der Waals surface area contributed by atoms with E-state index in [1.54, 1.807) is 10.7 Å². The predicted octanol–water partition coefficient (Wildman–Crippen LogP) is 2.18. The molecular formula is C19H21N5O2. The van der Waals surface area contributed by atoms with E-state index >= 15 is 0 Å². The number of carbonyl (C=O) groups is 1. The van der Waals surface area contributed by atoms with Gasteiger partial charge in [-0.3, -0.25) is 4.79 Å². The van der Waals surface area contributed by atoms with Crippen LogP contribution in [0.5, 0.6) is 5.88 Å². The number of fused-ring (bicyclic) bond motifs is 2. The molecule has 7 heteroatoms. The number of hydrogen-bond donors (Lipinski definition) is 0. The summed E-state index contributed by atoms with van der Waals surface area (Å²) in [5, 5.41) is 4.39.